The summed E-state index contributed by atoms with van der Waals surface area (Å²) in [6.07, 6.45) is 2.76. The lowest BCUT2D eigenvalue weighted by molar-refractivity contribution is 0.0996. The molecule has 0 saturated heterocycles. The fourth-order valence-electron chi connectivity index (χ4n) is 1.59. The van der Waals surface area contributed by atoms with Crippen molar-refractivity contribution in [3.05, 3.63) is 40.2 Å². The maximum atomic E-state index is 11.4. The Kier molecular flexibility index (Phi) is 3.45. The summed E-state index contributed by atoms with van der Waals surface area (Å²) in [5.74, 6) is -0.653. The number of primary amides is 1. The molecule has 2 rings (SSSR count). The van der Waals surface area contributed by atoms with E-state index in [4.69, 9.17) is 28.9 Å². The van der Waals surface area contributed by atoms with Crippen molar-refractivity contribution in [2.75, 3.05) is 0 Å². The molecule has 18 heavy (non-hydrogen) atoms. The fourth-order valence-corrected chi connectivity index (χ4v) is 1.96. The van der Waals surface area contributed by atoms with Gasteiger partial charge in [-0.15, -0.1) is 0 Å². The van der Waals surface area contributed by atoms with Crippen molar-refractivity contribution in [3.63, 3.8) is 0 Å². The molecular weight excluding hydrogens is 275 g/mol. The molecule has 0 fully saturated rings. The largest absolute Gasteiger partial charge is 0.364 e. The Morgan fingerprint density at radius 2 is 2.00 bits per heavy atom. The molecule has 0 unspecified atom stereocenters. The number of rotatable bonds is 2. The lowest BCUT2D eigenvalue weighted by Crippen LogP contribution is -2.16. The third-order valence-electron chi connectivity index (χ3n) is 2.39. The zero-order valence-electron chi connectivity index (χ0n) is 9.32. The van der Waals surface area contributed by atoms with Gasteiger partial charge in [0, 0.05) is 23.0 Å². The summed E-state index contributed by atoms with van der Waals surface area (Å²) in [5.41, 5.74) is 6.98. The first-order chi connectivity index (χ1) is 8.52. The number of carbonyl (C=O) groups is 1. The summed E-state index contributed by atoms with van der Waals surface area (Å²) >= 11 is 11.9. The zero-order chi connectivity index (χ0) is 13.3. The molecular formula is C11H8Cl2N4O. The Hall–Kier alpha value is -1.72. The molecule has 5 nitrogen and oxygen atoms in total. The first-order valence-electron chi connectivity index (χ1n) is 4.94. The number of halogens is 2. The quantitative estimate of drug-likeness (QED) is 0.857. The first kappa shape index (κ1) is 12.7. The number of aromatic nitrogens is 3. The third kappa shape index (κ3) is 2.14. The molecule has 7 heteroatoms. The number of nitrogens with two attached hydrogens (primary N) is 1. The number of hydrogen-bond acceptors (Lipinski definition) is 4. The minimum Gasteiger partial charge on any atom is -0.364 e. The number of aryl methyl sites for hydroxylation is 1. The maximum Gasteiger partial charge on any atom is 0.268 e. The fraction of sp³-hybridized carbons (Fsp3) is 0.0909. The minimum absolute atomic E-state index is 0.103. The molecule has 2 heterocycles. The summed E-state index contributed by atoms with van der Waals surface area (Å²) < 4.78 is 0. The SMILES string of the molecule is Cc1ncnc(C(N)=O)c1-c1ccnc(Cl)c1Cl. The molecule has 2 aromatic heterocycles. The van der Waals surface area contributed by atoms with Crippen molar-refractivity contribution in [1.82, 2.24) is 15.0 Å². The van der Waals surface area contributed by atoms with Gasteiger partial charge in [0.15, 0.2) is 0 Å². The Morgan fingerprint density at radius 3 is 2.67 bits per heavy atom. The summed E-state index contributed by atoms with van der Waals surface area (Å²) in [4.78, 5) is 23.1. The molecule has 0 saturated carbocycles. The van der Waals surface area contributed by atoms with Gasteiger partial charge in [-0.25, -0.2) is 15.0 Å². The van der Waals surface area contributed by atoms with Crippen molar-refractivity contribution in [2.45, 2.75) is 6.92 Å². The lowest BCUT2D eigenvalue weighted by Gasteiger charge is -2.10. The number of carbonyl (C=O) groups excluding carboxylic acids is 1. The number of pyridine rings is 1. The Balaban J connectivity index is 2.78. The zero-order valence-corrected chi connectivity index (χ0v) is 10.8. The Bertz CT molecular complexity index is 630. The van der Waals surface area contributed by atoms with Gasteiger partial charge in [0.2, 0.25) is 0 Å². The number of amides is 1. The van der Waals surface area contributed by atoms with Gasteiger partial charge < -0.3 is 5.73 Å². The average Bonchev–Trinajstić information content (AvgIpc) is 2.33. The molecule has 0 spiro atoms. The van der Waals surface area contributed by atoms with Gasteiger partial charge in [-0.1, -0.05) is 23.2 Å². The summed E-state index contributed by atoms with van der Waals surface area (Å²) in [5, 5.41) is 0.382. The monoisotopic (exact) mass is 282 g/mol. The van der Waals surface area contributed by atoms with Crippen LogP contribution in [0.1, 0.15) is 16.2 Å². The van der Waals surface area contributed by atoms with Crippen LogP contribution in [0, 0.1) is 6.92 Å². The van der Waals surface area contributed by atoms with E-state index in [1.54, 1.807) is 13.0 Å². The third-order valence-corrected chi connectivity index (χ3v) is 3.15. The van der Waals surface area contributed by atoms with Gasteiger partial charge >= 0.3 is 0 Å². The van der Waals surface area contributed by atoms with Crippen molar-refractivity contribution < 1.29 is 4.79 Å². The van der Waals surface area contributed by atoms with E-state index in [0.29, 0.717) is 16.8 Å². The molecule has 0 atom stereocenters. The van der Waals surface area contributed by atoms with Gasteiger partial charge in [0.05, 0.1) is 5.02 Å². The van der Waals surface area contributed by atoms with Crippen molar-refractivity contribution in [2.24, 2.45) is 5.73 Å². The molecule has 2 N–H and O–H groups in total. The molecule has 0 aliphatic carbocycles. The molecule has 0 bridgehead atoms. The highest BCUT2D eigenvalue weighted by molar-refractivity contribution is 6.43. The van der Waals surface area contributed by atoms with E-state index in [0.717, 1.165) is 0 Å². The predicted molar refractivity (Wildman–Crippen MR) is 68.5 cm³/mol. The summed E-state index contributed by atoms with van der Waals surface area (Å²) in [6, 6.07) is 1.63. The molecule has 0 aliphatic heterocycles. The van der Waals surface area contributed by atoms with Gasteiger partial charge in [0.1, 0.15) is 17.2 Å². The predicted octanol–water partition coefficient (Wildman–Crippen LogP) is 2.25. The van der Waals surface area contributed by atoms with Crippen LogP contribution in [-0.2, 0) is 0 Å². The van der Waals surface area contributed by atoms with Crippen molar-refractivity contribution in [3.8, 4) is 11.1 Å². The second-order valence-corrected chi connectivity index (χ2v) is 4.25. The smallest absolute Gasteiger partial charge is 0.268 e. The highest BCUT2D eigenvalue weighted by Gasteiger charge is 2.18. The van der Waals surface area contributed by atoms with Crippen LogP contribution < -0.4 is 5.73 Å². The van der Waals surface area contributed by atoms with Crippen molar-refractivity contribution in [1.29, 1.82) is 0 Å². The second kappa shape index (κ2) is 4.88. The standard InChI is InChI=1S/C11H8Cl2N4O/c1-5-7(9(11(14)18)17-4-16-5)6-2-3-15-10(13)8(6)12/h2-4H,1H3,(H2,14,18). The Labute approximate surface area is 113 Å². The van der Waals surface area contributed by atoms with Crippen molar-refractivity contribution >= 4 is 29.1 Å². The van der Waals surface area contributed by atoms with Gasteiger partial charge in [-0.05, 0) is 13.0 Å². The average molecular weight is 283 g/mol. The highest BCUT2D eigenvalue weighted by Crippen LogP contribution is 2.34. The van der Waals surface area contributed by atoms with Crippen LogP contribution >= 0.6 is 23.2 Å². The normalized spacial score (nSPS) is 10.4. The van der Waals surface area contributed by atoms with Crippen LogP contribution in [0.2, 0.25) is 10.2 Å². The van der Waals surface area contributed by atoms with E-state index in [2.05, 4.69) is 15.0 Å². The molecule has 2 aromatic rings. The molecule has 0 radical (unpaired) electrons. The van der Waals surface area contributed by atoms with E-state index in [1.165, 1.54) is 12.5 Å². The van der Waals surface area contributed by atoms with Crippen LogP contribution in [-0.4, -0.2) is 20.9 Å². The van der Waals surface area contributed by atoms with Crippen LogP contribution in [0.3, 0.4) is 0 Å². The molecule has 92 valence electrons. The van der Waals surface area contributed by atoms with Crippen LogP contribution in [0.15, 0.2) is 18.6 Å². The van der Waals surface area contributed by atoms with Crippen LogP contribution in [0.4, 0.5) is 0 Å². The van der Waals surface area contributed by atoms with Crippen LogP contribution in [0.5, 0.6) is 0 Å². The van der Waals surface area contributed by atoms with E-state index in [-0.39, 0.29) is 15.9 Å². The van der Waals surface area contributed by atoms with E-state index >= 15 is 0 Å². The summed E-state index contributed by atoms with van der Waals surface area (Å²) in [6.45, 7) is 1.73. The second-order valence-electron chi connectivity index (χ2n) is 3.51. The van der Waals surface area contributed by atoms with E-state index < -0.39 is 5.91 Å². The van der Waals surface area contributed by atoms with Gasteiger partial charge in [-0.2, -0.15) is 0 Å². The lowest BCUT2D eigenvalue weighted by atomic mass is 10.0. The van der Waals surface area contributed by atoms with Gasteiger partial charge in [-0.3, -0.25) is 4.79 Å². The maximum absolute atomic E-state index is 11.4. The van der Waals surface area contributed by atoms with Gasteiger partial charge in [0.25, 0.3) is 5.91 Å². The first-order valence-corrected chi connectivity index (χ1v) is 5.69. The van der Waals surface area contributed by atoms with E-state index in [1.807, 2.05) is 0 Å². The number of nitrogens with zero attached hydrogens (tertiary/aromatic N) is 3. The Morgan fingerprint density at radius 1 is 1.28 bits per heavy atom. The number of hydrogen-bond donors (Lipinski definition) is 1. The summed E-state index contributed by atoms with van der Waals surface area (Å²) in [7, 11) is 0. The molecule has 0 aliphatic rings. The topological polar surface area (TPSA) is 81.8 Å². The molecule has 1 amide bonds. The van der Waals surface area contributed by atoms with Crippen LogP contribution in [0.25, 0.3) is 11.1 Å². The van der Waals surface area contributed by atoms with E-state index in [9.17, 15) is 4.79 Å². The highest BCUT2D eigenvalue weighted by atomic mass is 35.5. The molecule has 0 aromatic carbocycles. The minimum atomic E-state index is -0.653.